The summed E-state index contributed by atoms with van der Waals surface area (Å²) in [5, 5.41) is 4.29. The molecular formula is C22H23Cl3N2. The van der Waals surface area contributed by atoms with Crippen molar-refractivity contribution in [3.63, 3.8) is 0 Å². The van der Waals surface area contributed by atoms with Gasteiger partial charge < -0.3 is 5.32 Å². The van der Waals surface area contributed by atoms with Gasteiger partial charge in [0.25, 0.3) is 0 Å². The Morgan fingerprint density at radius 3 is 1.74 bits per heavy atom. The van der Waals surface area contributed by atoms with E-state index in [0.29, 0.717) is 0 Å². The van der Waals surface area contributed by atoms with Crippen LogP contribution in [0.25, 0.3) is 11.1 Å². The standard InChI is InChI=1S/C22H21ClN2.2ClH/c23-21-7-5-20(6-8-21)22(11-15-25-16-12-22)19-3-1-17(2-4-19)18-9-13-24-14-10-18;;/h1-10,13-14,25H,11-12,15-16H2;2*1H. The number of hydrogen-bond acceptors (Lipinski definition) is 2. The van der Waals surface area contributed by atoms with Gasteiger partial charge in [0.15, 0.2) is 0 Å². The number of aromatic nitrogens is 1. The summed E-state index contributed by atoms with van der Waals surface area (Å²) >= 11 is 6.11. The van der Waals surface area contributed by atoms with Gasteiger partial charge in [-0.2, -0.15) is 0 Å². The molecule has 0 radical (unpaired) electrons. The first-order chi connectivity index (χ1) is 12.3. The van der Waals surface area contributed by atoms with Crippen LogP contribution in [0.4, 0.5) is 0 Å². The van der Waals surface area contributed by atoms with Crippen molar-refractivity contribution in [2.24, 2.45) is 0 Å². The van der Waals surface area contributed by atoms with Crippen molar-refractivity contribution >= 4 is 36.4 Å². The van der Waals surface area contributed by atoms with Crippen LogP contribution in [-0.4, -0.2) is 18.1 Å². The minimum Gasteiger partial charge on any atom is -0.317 e. The molecule has 0 saturated carbocycles. The first kappa shape index (κ1) is 21.7. The van der Waals surface area contributed by atoms with Crippen molar-refractivity contribution in [3.8, 4) is 11.1 Å². The minimum absolute atomic E-state index is 0. The molecule has 2 heterocycles. The van der Waals surface area contributed by atoms with Crippen LogP contribution in [-0.2, 0) is 5.41 Å². The molecule has 0 spiro atoms. The molecule has 1 aromatic heterocycles. The molecule has 0 unspecified atom stereocenters. The SMILES string of the molecule is Cl.Cl.Clc1ccc(C2(c3ccc(-c4ccncc4)cc3)CCNCC2)cc1. The summed E-state index contributed by atoms with van der Waals surface area (Å²) < 4.78 is 0. The first-order valence-electron chi connectivity index (χ1n) is 8.76. The second-order valence-electron chi connectivity index (χ2n) is 6.65. The summed E-state index contributed by atoms with van der Waals surface area (Å²) in [5.41, 5.74) is 5.23. The van der Waals surface area contributed by atoms with Gasteiger partial charge in [-0.15, -0.1) is 24.8 Å². The molecule has 1 fully saturated rings. The Kier molecular flexibility index (Phi) is 7.69. The van der Waals surface area contributed by atoms with Crippen LogP contribution in [0.5, 0.6) is 0 Å². The van der Waals surface area contributed by atoms with Crippen molar-refractivity contribution in [3.05, 3.63) is 89.2 Å². The molecule has 1 aliphatic heterocycles. The van der Waals surface area contributed by atoms with Crippen LogP contribution in [0.1, 0.15) is 24.0 Å². The lowest BCUT2D eigenvalue weighted by Gasteiger charge is -2.39. The minimum atomic E-state index is 0. The Morgan fingerprint density at radius 2 is 1.19 bits per heavy atom. The topological polar surface area (TPSA) is 24.9 Å². The highest BCUT2D eigenvalue weighted by atomic mass is 35.5. The number of benzene rings is 2. The third-order valence-electron chi connectivity index (χ3n) is 5.31. The number of hydrogen-bond donors (Lipinski definition) is 1. The lowest BCUT2D eigenvalue weighted by atomic mass is 9.68. The van der Waals surface area contributed by atoms with Crippen molar-refractivity contribution in [2.45, 2.75) is 18.3 Å². The molecule has 5 heteroatoms. The average molecular weight is 422 g/mol. The number of nitrogens with one attached hydrogen (secondary N) is 1. The monoisotopic (exact) mass is 420 g/mol. The van der Waals surface area contributed by atoms with Crippen LogP contribution in [0.15, 0.2) is 73.1 Å². The fraction of sp³-hybridized carbons (Fsp3) is 0.227. The Balaban J connectivity index is 0.00000131. The molecule has 3 aromatic rings. The summed E-state index contributed by atoms with van der Waals surface area (Å²) in [7, 11) is 0. The van der Waals surface area contributed by atoms with Gasteiger partial charge in [-0.05, 0) is 72.5 Å². The van der Waals surface area contributed by atoms with E-state index in [1.165, 1.54) is 22.3 Å². The van der Waals surface area contributed by atoms with E-state index in [4.69, 9.17) is 11.6 Å². The molecular weight excluding hydrogens is 399 g/mol. The molecule has 2 nitrogen and oxygen atoms in total. The van der Waals surface area contributed by atoms with Crippen LogP contribution in [0.3, 0.4) is 0 Å². The maximum absolute atomic E-state index is 6.11. The van der Waals surface area contributed by atoms with E-state index in [1.807, 2.05) is 24.5 Å². The number of rotatable bonds is 3. The molecule has 1 N–H and O–H groups in total. The van der Waals surface area contributed by atoms with Crippen molar-refractivity contribution in [1.29, 1.82) is 0 Å². The van der Waals surface area contributed by atoms with Crippen LogP contribution in [0, 0.1) is 0 Å². The molecule has 0 aliphatic carbocycles. The zero-order valence-electron chi connectivity index (χ0n) is 14.9. The second kappa shape index (κ2) is 9.57. The van der Waals surface area contributed by atoms with E-state index >= 15 is 0 Å². The molecule has 142 valence electrons. The maximum Gasteiger partial charge on any atom is 0.0406 e. The Hall–Kier alpha value is -1.58. The summed E-state index contributed by atoms with van der Waals surface area (Å²) in [6, 6.07) is 21.5. The van der Waals surface area contributed by atoms with E-state index in [2.05, 4.69) is 58.8 Å². The van der Waals surface area contributed by atoms with E-state index in [-0.39, 0.29) is 30.2 Å². The van der Waals surface area contributed by atoms with Gasteiger partial charge in [0.05, 0.1) is 0 Å². The Morgan fingerprint density at radius 1 is 0.704 bits per heavy atom. The van der Waals surface area contributed by atoms with Crippen molar-refractivity contribution in [2.75, 3.05) is 13.1 Å². The third kappa shape index (κ3) is 4.47. The van der Waals surface area contributed by atoms with Crippen molar-refractivity contribution < 1.29 is 0 Å². The smallest absolute Gasteiger partial charge is 0.0406 e. The predicted octanol–water partition coefficient (Wildman–Crippen LogP) is 5.92. The maximum atomic E-state index is 6.11. The number of piperidine rings is 1. The fourth-order valence-corrected chi connectivity index (χ4v) is 4.02. The lowest BCUT2D eigenvalue weighted by Crippen LogP contribution is -2.40. The summed E-state index contributed by atoms with van der Waals surface area (Å²) in [6.07, 6.45) is 5.88. The highest BCUT2D eigenvalue weighted by Crippen LogP contribution is 2.41. The van der Waals surface area contributed by atoms with E-state index in [9.17, 15) is 0 Å². The average Bonchev–Trinajstić information content (AvgIpc) is 2.70. The largest absolute Gasteiger partial charge is 0.317 e. The molecule has 0 atom stereocenters. The molecule has 2 aromatic carbocycles. The zero-order chi connectivity index (χ0) is 17.1. The van der Waals surface area contributed by atoms with Gasteiger partial charge in [-0.25, -0.2) is 0 Å². The third-order valence-corrected chi connectivity index (χ3v) is 5.56. The second-order valence-corrected chi connectivity index (χ2v) is 7.09. The molecule has 0 amide bonds. The van der Waals surface area contributed by atoms with Crippen molar-refractivity contribution in [1.82, 2.24) is 10.3 Å². The van der Waals surface area contributed by atoms with Crippen LogP contribution in [0.2, 0.25) is 5.02 Å². The van der Waals surface area contributed by atoms with Gasteiger partial charge in [0, 0.05) is 22.8 Å². The predicted molar refractivity (Wildman–Crippen MR) is 119 cm³/mol. The quantitative estimate of drug-likeness (QED) is 0.568. The zero-order valence-corrected chi connectivity index (χ0v) is 17.3. The fourth-order valence-electron chi connectivity index (χ4n) is 3.89. The van der Waals surface area contributed by atoms with E-state index < -0.39 is 0 Å². The van der Waals surface area contributed by atoms with E-state index in [0.717, 1.165) is 31.0 Å². The van der Waals surface area contributed by atoms with Gasteiger partial charge in [0.2, 0.25) is 0 Å². The number of pyridine rings is 1. The molecule has 27 heavy (non-hydrogen) atoms. The molecule has 1 saturated heterocycles. The molecule has 1 aliphatic rings. The highest BCUT2D eigenvalue weighted by molar-refractivity contribution is 6.30. The summed E-state index contributed by atoms with van der Waals surface area (Å²) in [6.45, 7) is 2.07. The van der Waals surface area contributed by atoms with Gasteiger partial charge >= 0.3 is 0 Å². The number of halogens is 3. The van der Waals surface area contributed by atoms with E-state index in [1.54, 1.807) is 0 Å². The summed E-state index contributed by atoms with van der Waals surface area (Å²) in [5.74, 6) is 0. The number of nitrogens with zero attached hydrogens (tertiary/aromatic N) is 1. The van der Waals surface area contributed by atoms with Gasteiger partial charge in [-0.3, -0.25) is 4.98 Å². The Labute approximate surface area is 178 Å². The van der Waals surface area contributed by atoms with Crippen LogP contribution < -0.4 is 5.32 Å². The van der Waals surface area contributed by atoms with Gasteiger partial charge in [0.1, 0.15) is 0 Å². The first-order valence-corrected chi connectivity index (χ1v) is 9.13. The summed E-state index contributed by atoms with van der Waals surface area (Å²) in [4.78, 5) is 4.10. The molecule has 4 rings (SSSR count). The van der Waals surface area contributed by atoms with Crippen LogP contribution >= 0.6 is 36.4 Å². The normalized spacial score (nSPS) is 15.3. The lowest BCUT2D eigenvalue weighted by molar-refractivity contribution is 0.362. The molecule has 0 bridgehead atoms. The van der Waals surface area contributed by atoms with Gasteiger partial charge in [-0.1, -0.05) is 48.0 Å². The Bertz CT molecular complexity index is 828. The highest BCUT2D eigenvalue weighted by Gasteiger charge is 2.35.